The van der Waals surface area contributed by atoms with Crippen LogP contribution in [0.1, 0.15) is 75.1 Å². The fourth-order valence-corrected chi connectivity index (χ4v) is 8.69. The average Bonchev–Trinajstić information content (AvgIpc) is 3.33. The van der Waals surface area contributed by atoms with Crippen LogP contribution in [-0.2, 0) is 30.1 Å². The van der Waals surface area contributed by atoms with E-state index in [9.17, 15) is 45.5 Å². The van der Waals surface area contributed by atoms with Gasteiger partial charge in [-0.15, -0.1) is 0 Å². The highest BCUT2D eigenvalue weighted by Crippen LogP contribution is 2.40. The number of amides is 4. The van der Waals surface area contributed by atoms with Crippen LogP contribution < -0.4 is 15.5 Å². The van der Waals surface area contributed by atoms with E-state index in [1.807, 2.05) is 0 Å². The number of ether oxygens (including phenoxy) is 1. The van der Waals surface area contributed by atoms with Crippen molar-refractivity contribution in [1.29, 1.82) is 5.26 Å². The molecule has 4 amide bonds. The van der Waals surface area contributed by atoms with Crippen LogP contribution in [-0.4, -0.2) is 118 Å². The van der Waals surface area contributed by atoms with Gasteiger partial charge in [-0.05, 0) is 81.9 Å². The Morgan fingerprint density at radius 1 is 1.05 bits per heavy atom. The van der Waals surface area contributed by atoms with Crippen LogP contribution in [0.25, 0.3) is 0 Å². The number of nitrogens with one attached hydrogen (secondary N) is 2. The van der Waals surface area contributed by atoms with Gasteiger partial charge in [0.15, 0.2) is 10.8 Å². The number of hydrogen-bond donors (Lipinski definition) is 2. The lowest BCUT2D eigenvalue weighted by Crippen LogP contribution is -2.60. The second-order valence-corrected chi connectivity index (χ2v) is 15.7. The van der Waals surface area contributed by atoms with Crippen molar-refractivity contribution in [3.05, 3.63) is 53.3 Å². The zero-order chi connectivity index (χ0) is 42.2. The largest absolute Gasteiger partial charge is 0.419 e. The van der Waals surface area contributed by atoms with Gasteiger partial charge in [0.05, 0.1) is 42.6 Å². The van der Waals surface area contributed by atoms with Crippen molar-refractivity contribution in [2.75, 3.05) is 49.5 Å². The minimum absolute atomic E-state index is 0.00548. The number of aromatic nitrogens is 1. The highest BCUT2D eigenvalue weighted by Gasteiger charge is 2.53. The number of carbonyl (C=O) groups is 4. The number of imide groups is 1. The Hall–Kier alpha value is -4.71. The van der Waals surface area contributed by atoms with Gasteiger partial charge in [0.2, 0.25) is 17.7 Å². The summed E-state index contributed by atoms with van der Waals surface area (Å²) in [6.45, 7) is 3.12. The van der Waals surface area contributed by atoms with Crippen LogP contribution in [0.5, 0.6) is 0 Å². The number of rotatable bonds is 10. The van der Waals surface area contributed by atoms with Gasteiger partial charge in [0.1, 0.15) is 17.6 Å². The van der Waals surface area contributed by atoms with Crippen LogP contribution >= 0.6 is 12.2 Å². The summed E-state index contributed by atoms with van der Waals surface area (Å²) in [6.07, 6.45) is -5.91. The van der Waals surface area contributed by atoms with E-state index in [0.29, 0.717) is 49.4 Å². The van der Waals surface area contributed by atoms with E-state index in [4.69, 9.17) is 22.2 Å². The smallest absolute Gasteiger partial charge is 0.377 e. The first kappa shape index (κ1) is 42.9. The predicted octanol–water partition coefficient (Wildman–Crippen LogP) is 4.72. The molecule has 2 atom stereocenters. The van der Waals surface area contributed by atoms with Gasteiger partial charge in [-0.2, -0.15) is 31.6 Å². The van der Waals surface area contributed by atoms with Crippen molar-refractivity contribution in [3.8, 4) is 6.07 Å². The number of carbonyl (C=O) groups excluding carboxylic acids is 4. The maximum atomic E-state index is 14.2. The van der Waals surface area contributed by atoms with Gasteiger partial charge >= 0.3 is 12.4 Å². The van der Waals surface area contributed by atoms with E-state index in [2.05, 4.69) is 15.6 Å². The highest BCUT2D eigenvalue weighted by molar-refractivity contribution is 7.80. The Labute approximate surface area is 335 Å². The van der Waals surface area contributed by atoms with Crippen molar-refractivity contribution in [2.45, 2.75) is 94.4 Å². The molecule has 3 saturated heterocycles. The molecule has 4 heterocycles. The Morgan fingerprint density at radius 3 is 2.36 bits per heavy atom. The molecule has 2 N–H and O–H groups in total. The van der Waals surface area contributed by atoms with Gasteiger partial charge in [-0.3, -0.25) is 39.2 Å². The number of halogens is 6. The van der Waals surface area contributed by atoms with Crippen LogP contribution in [0, 0.1) is 11.3 Å². The minimum atomic E-state index is -4.88. The number of pyridine rings is 1. The van der Waals surface area contributed by atoms with Gasteiger partial charge in [0.25, 0.3) is 5.91 Å². The van der Waals surface area contributed by atoms with Crippen molar-refractivity contribution >= 4 is 52.3 Å². The van der Waals surface area contributed by atoms with Crippen LogP contribution in [0.15, 0.2) is 36.5 Å². The standard InChI is InChI=1S/C38H42F6N8O5S/c1-36(2)34(56)51(25-17-28(37(39,40)41)29(18-45)46-19-25)35(58)52(36)24-7-9-26(10-8-24)57-16-15-49-13-14-50(30(20-49)38(42,43)44)21-32(54)47-23-5-3-22(4-6-23)27-11-12-31(53)48-33(27)55/h3-6,17,19,24,26-27,30H,7-16,20-21H2,1-2H3,(H,47,54)(H,48,53,55)/t24?,26?,27?,30-/m1/s1. The van der Waals surface area contributed by atoms with E-state index >= 15 is 0 Å². The summed E-state index contributed by atoms with van der Waals surface area (Å²) in [7, 11) is 0. The van der Waals surface area contributed by atoms with E-state index < -0.39 is 65.4 Å². The molecule has 20 heteroatoms. The molecular formula is C38H42F6N8O5S. The van der Waals surface area contributed by atoms with Gasteiger partial charge < -0.3 is 15.0 Å². The molecule has 2 aromatic rings. The molecule has 0 spiro atoms. The monoisotopic (exact) mass is 836 g/mol. The second-order valence-electron chi connectivity index (χ2n) is 15.4. The van der Waals surface area contributed by atoms with E-state index in [1.165, 1.54) is 6.07 Å². The number of thiocarbonyl (C=S) groups is 1. The van der Waals surface area contributed by atoms with Gasteiger partial charge in [-0.1, -0.05) is 12.1 Å². The number of piperazine rings is 1. The Balaban J connectivity index is 0.970. The summed E-state index contributed by atoms with van der Waals surface area (Å²) in [5, 5.41) is 14.1. The van der Waals surface area contributed by atoms with Gasteiger partial charge in [0, 0.05) is 44.3 Å². The van der Waals surface area contributed by atoms with E-state index in [-0.39, 0.29) is 68.1 Å². The lowest BCUT2D eigenvalue weighted by Gasteiger charge is -2.42. The van der Waals surface area contributed by atoms with Crippen LogP contribution in [0.2, 0.25) is 0 Å². The summed E-state index contributed by atoms with van der Waals surface area (Å²) in [6, 6.07) is 6.41. The SMILES string of the molecule is CC1(C)C(=O)N(c2cnc(C#N)c(C(F)(F)F)c2)C(=S)N1C1CCC(OCCN2CCN(CC(=O)Nc3ccc(C4CCC(=O)NC4=O)cc3)[C@@H](C(F)(F)F)C2)CC1. The highest BCUT2D eigenvalue weighted by atomic mass is 32.1. The molecule has 312 valence electrons. The summed E-state index contributed by atoms with van der Waals surface area (Å²) >= 11 is 5.64. The molecule has 1 aromatic carbocycles. The lowest BCUT2D eigenvalue weighted by atomic mass is 9.89. The van der Waals surface area contributed by atoms with Gasteiger partial charge in [-0.25, -0.2) is 4.98 Å². The zero-order valence-corrected chi connectivity index (χ0v) is 32.5. The fraction of sp³-hybridized carbons (Fsp3) is 0.553. The summed E-state index contributed by atoms with van der Waals surface area (Å²) < 4.78 is 89.8. The third-order valence-corrected chi connectivity index (χ3v) is 11.6. The van der Waals surface area contributed by atoms with E-state index in [1.54, 1.807) is 47.9 Å². The topological polar surface area (TPSA) is 151 Å². The molecule has 0 bridgehead atoms. The Bertz CT molecular complexity index is 1970. The number of nitrogens with zero attached hydrogens (tertiary/aromatic N) is 6. The Kier molecular flexibility index (Phi) is 12.5. The first-order chi connectivity index (χ1) is 27.3. The maximum absolute atomic E-state index is 14.2. The molecule has 3 aliphatic heterocycles. The molecular weight excluding hydrogens is 795 g/mol. The number of alkyl halides is 6. The Morgan fingerprint density at radius 2 is 1.74 bits per heavy atom. The molecule has 1 aromatic heterocycles. The fourth-order valence-electron chi connectivity index (χ4n) is 8.13. The van der Waals surface area contributed by atoms with Crippen molar-refractivity contribution in [2.24, 2.45) is 0 Å². The van der Waals surface area contributed by atoms with E-state index in [0.717, 1.165) is 16.0 Å². The molecule has 4 aliphatic rings. The maximum Gasteiger partial charge on any atom is 0.419 e. The third-order valence-electron chi connectivity index (χ3n) is 11.2. The lowest BCUT2D eigenvalue weighted by molar-refractivity contribution is -0.197. The number of hydrogen-bond acceptors (Lipinski definition) is 10. The molecule has 6 rings (SSSR count). The first-order valence-electron chi connectivity index (χ1n) is 18.8. The number of piperidine rings is 1. The number of benzene rings is 1. The van der Waals surface area contributed by atoms with Crippen LogP contribution in [0.3, 0.4) is 0 Å². The van der Waals surface area contributed by atoms with Crippen molar-refractivity contribution in [1.82, 2.24) is 25.0 Å². The molecule has 58 heavy (non-hydrogen) atoms. The summed E-state index contributed by atoms with van der Waals surface area (Å²) in [4.78, 5) is 59.2. The molecule has 1 saturated carbocycles. The summed E-state index contributed by atoms with van der Waals surface area (Å²) in [5.74, 6) is -2.40. The normalized spacial score (nSPS) is 24.8. The molecule has 4 fully saturated rings. The number of anilines is 2. The second kappa shape index (κ2) is 16.9. The summed E-state index contributed by atoms with van der Waals surface area (Å²) in [5.41, 5.74) is -2.46. The number of nitriles is 1. The van der Waals surface area contributed by atoms with Crippen LogP contribution in [0.4, 0.5) is 37.7 Å². The first-order valence-corrected chi connectivity index (χ1v) is 19.2. The minimum Gasteiger partial charge on any atom is -0.377 e. The average molecular weight is 837 g/mol. The molecule has 0 radical (unpaired) electrons. The molecule has 1 aliphatic carbocycles. The van der Waals surface area contributed by atoms with Crippen molar-refractivity contribution in [3.63, 3.8) is 0 Å². The quantitative estimate of drug-likeness (QED) is 0.195. The molecule has 13 nitrogen and oxygen atoms in total. The van der Waals surface area contributed by atoms with Crippen molar-refractivity contribution < 1.29 is 50.3 Å². The zero-order valence-electron chi connectivity index (χ0n) is 31.7. The third kappa shape index (κ3) is 9.27. The predicted molar refractivity (Wildman–Crippen MR) is 200 cm³/mol. The molecule has 1 unspecified atom stereocenters.